The lowest BCUT2D eigenvalue weighted by molar-refractivity contribution is -0.146. The van der Waals surface area contributed by atoms with E-state index < -0.39 is 11.4 Å². The van der Waals surface area contributed by atoms with E-state index in [9.17, 15) is 9.90 Å². The summed E-state index contributed by atoms with van der Waals surface area (Å²) in [5, 5.41) is 13.4. The van der Waals surface area contributed by atoms with Gasteiger partial charge in [0, 0.05) is 24.4 Å². The Morgan fingerprint density at radius 2 is 1.67 bits per heavy atom. The average Bonchev–Trinajstić information content (AvgIpc) is 3.31. The molecule has 6 rings (SSSR count). The number of carboxylic acids is 1. The summed E-state index contributed by atoms with van der Waals surface area (Å²) in [6.45, 7) is 6.61. The number of pyridine rings is 1. The van der Waals surface area contributed by atoms with Gasteiger partial charge in [0.25, 0.3) is 0 Å². The number of rotatable bonds is 10. The molecule has 0 spiro atoms. The molecule has 0 amide bonds. The van der Waals surface area contributed by atoms with Gasteiger partial charge in [0.1, 0.15) is 18.2 Å². The fraction of sp³-hybridized carbons (Fsp3) is 0.250. The topological polar surface area (TPSA) is 77.2 Å². The lowest BCUT2D eigenvalue weighted by Gasteiger charge is -2.19. The third-order valence-corrected chi connectivity index (χ3v) is 7.89. The summed E-state index contributed by atoms with van der Waals surface area (Å²) in [5.41, 5.74) is 5.06. The molecule has 0 saturated heterocycles. The van der Waals surface area contributed by atoms with Crippen molar-refractivity contribution in [2.24, 2.45) is 5.41 Å². The number of aliphatic carboxylic acids is 1. The predicted molar refractivity (Wildman–Crippen MR) is 168 cm³/mol. The first-order valence-electron chi connectivity index (χ1n) is 14.5. The van der Waals surface area contributed by atoms with Crippen LogP contribution in [0, 0.1) is 5.41 Å². The van der Waals surface area contributed by atoms with Crippen LogP contribution in [-0.4, -0.2) is 25.6 Å². The minimum atomic E-state index is -0.959. The molecule has 212 valence electrons. The monoisotopic (exact) mass is 557 g/mol. The van der Waals surface area contributed by atoms with Crippen LogP contribution < -0.4 is 4.74 Å². The predicted octanol–water partition coefficient (Wildman–Crippen LogP) is 7.97. The van der Waals surface area contributed by atoms with Gasteiger partial charge in [-0.05, 0) is 72.5 Å². The van der Waals surface area contributed by atoms with Crippen LogP contribution in [0.25, 0.3) is 32.7 Å². The molecule has 6 aromatic rings. The molecule has 0 saturated carbocycles. The van der Waals surface area contributed by atoms with Crippen LogP contribution in [-0.2, 0) is 30.8 Å². The van der Waals surface area contributed by atoms with E-state index >= 15 is 0 Å². The summed E-state index contributed by atoms with van der Waals surface area (Å²) in [4.78, 5) is 21.8. The van der Waals surface area contributed by atoms with Crippen LogP contribution in [0.2, 0.25) is 0 Å². The number of fused-ring (bicyclic) bond motifs is 3. The summed E-state index contributed by atoms with van der Waals surface area (Å²) in [5.74, 6) is 0.596. The molecule has 6 heteroatoms. The zero-order valence-electron chi connectivity index (χ0n) is 24.3. The smallest absolute Gasteiger partial charge is 0.309 e. The average molecular weight is 558 g/mol. The molecule has 0 fully saturated rings. The molecule has 6 nitrogen and oxygen atoms in total. The summed E-state index contributed by atoms with van der Waals surface area (Å²) >= 11 is 0. The largest absolute Gasteiger partial charge is 0.487 e. The fourth-order valence-corrected chi connectivity index (χ4v) is 5.57. The van der Waals surface area contributed by atoms with Crippen LogP contribution in [0.5, 0.6) is 5.75 Å². The second-order valence-electron chi connectivity index (χ2n) is 11.6. The quantitative estimate of drug-likeness (QED) is 0.185. The highest BCUT2D eigenvalue weighted by atomic mass is 16.5. The number of carboxylic acid groups (broad SMARTS) is 1. The second-order valence-corrected chi connectivity index (χ2v) is 11.6. The van der Waals surface area contributed by atoms with E-state index in [1.807, 2.05) is 42.5 Å². The molecule has 4 aromatic carbocycles. The summed E-state index contributed by atoms with van der Waals surface area (Å²) in [7, 11) is 0. The maximum absolute atomic E-state index is 12.0. The van der Waals surface area contributed by atoms with E-state index in [0.29, 0.717) is 25.3 Å². The van der Waals surface area contributed by atoms with Crippen molar-refractivity contribution in [2.75, 3.05) is 0 Å². The number of hydrogen-bond donors (Lipinski definition) is 1. The zero-order valence-corrected chi connectivity index (χ0v) is 24.3. The minimum absolute atomic E-state index is 0.308. The van der Waals surface area contributed by atoms with Gasteiger partial charge in [-0.3, -0.25) is 4.79 Å². The molecule has 1 N–H and O–H groups in total. The summed E-state index contributed by atoms with van der Waals surface area (Å²) < 4.78 is 8.37. The molecule has 0 atom stereocenters. The van der Waals surface area contributed by atoms with Gasteiger partial charge in [0.2, 0.25) is 0 Å². The number of aromatic nitrogens is 3. The molecule has 0 aliphatic carbocycles. The Morgan fingerprint density at radius 1 is 0.881 bits per heavy atom. The van der Waals surface area contributed by atoms with Gasteiger partial charge in [-0.1, -0.05) is 67.9 Å². The third-order valence-electron chi connectivity index (χ3n) is 7.89. The van der Waals surface area contributed by atoms with Gasteiger partial charge < -0.3 is 14.4 Å². The Labute approximate surface area is 245 Å². The molecule has 0 aliphatic heterocycles. The summed E-state index contributed by atoms with van der Waals surface area (Å²) in [6.07, 6.45) is 2.36. The number of para-hydroxylation sites is 1. The van der Waals surface area contributed by atoms with Crippen molar-refractivity contribution < 1.29 is 14.6 Å². The SMILES string of the molecule is CCCc1cc(COc2ccc3c(c2)nc(CC(C)(C)C(=O)O)n3Cc2ccc3ccccc3c2)nc2ccccc12. The van der Waals surface area contributed by atoms with Crippen molar-refractivity contribution in [1.82, 2.24) is 14.5 Å². The molecule has 0 unspecified atom stereocenters. The molecule has 0 radical (unpaired) electrons. The number of aryl methyl sites for hydroxylation is 1. The highest BCUT2D eigenvalue weighted by Gasteiger charge is 2.30. The molecule has 2 heterocycles. The van der Waals surface area contributed by atoms with Gasteiger partial charge in [-0.2, -0.15) is 0 Å². The van der Waals surface area contributed by atoms with E-state index in [1.54, 1.807) is 13.8 Å². The number of ether oxygens (including phenoxy) is 1. The normalized spacial score (nSPS) is 11.9. The molecular formula is C36H35N3O3. The van der Waals surface area contributed by atoms with Gasteiger partial charge in [0.15, 0.2) is 0 Å². The van der Waals surface area contributed by atoms with Crippen molar-refractivity contribution in [1.29, 1.82) is 0 Å². The molecule has 2 aromatic heterocycles. The van der Waals surface area contributed by atoms with Crippen LogP contribution in [0.3, 0.4) is 0 Å². The Hall–Kier alpha value is -4.71. The van der Waals surface area contributed by atoms with Crippen molar-refractivity contribution >= 4 is 38.7 Å². The number of nitrogens with zero attached hydrogens (tertiary/aromatic N) is 3. The minimum Gasteiger partial charge on any atom is -0.487 e. The first kappa shape index (κ1) is 27.5. The third kappa shape index (κ3) is 5.57. The molecule has 0 bridgehead atoms. The first-order valence-corrected chi connectivity index (χ1v) is 14.5. The lowest BCUT2D eigenvalue weighted by atomic mass is 9.89. The van der Waals surface area contributed by atoms with Gasteiger partial charge in [-0.25, -0.2) is 9.97 Å². The second kappa shape index (κ2) is 11.3. The van der Waals surface area contributed by atoms with Gasteiger partial charge in [0.05, 0.1) is 27.7 Å². The van der Waals surface area contributed by atoms with Crippen molar-refractivity contribution in [3.63, 3.8) is 0 Å². The summed E-state index contributed by atoms with van der Waals surface area (Å²) in [6, 6.07) is 31.1. The van der Waals surface area contributed by atoms with Gasteiger partial charge in [-0.15, -0.1) is 0 Å². The highest BCUT2D eigenvalue weighted by Crippen LogP contribution is 2.29. The Balaban J connectivity index is 1.32. The highest BCUT2D eigenvalue weighted by molar-refractivity contribution is 5.84. The Morgan fingerprint density at radius 3 is 2.48 bits per heavy atom. The zero-order chi connectivity index (χ0) is 29.3. The van der Waals surface area contributed by atoms with Crippen LogP contribution in [0.4, 0.5) is 0 Å². The van der Waals surface area contributed by atoms with Crippen molar-refractivity contribution in [2.45, 2.75) is 53.2 Å². The van der Waals surface area contributed by atoms with Crippen molar-refractivity contribution in [3.05, 3.63) is 114 Å². The van der Waals surface area contributed by atoms with E-state index in [0.717, 1.165) is 46.5 Å². The number of benzene rings is 4. The Kier molecular flexibility index (Phi) is 7.38. The van der Waals surface area contributed by atoms with Crippen LogP contribution in [0.1, 0.15) is 49.8 Å². The fourth-order valence-electron chi connectivity index (χ4n) is 5.57. The van der Waals surface area contributed by atoms with Crippen molar-refractivity contribution in [3.8, 4) is 5.75 Å². The first-order chi connectivity index (χ1) is 20.3. The Bertz CT molecular complexity index is 1920. The number of hydrogen-bond acceptors (Lipinski definition) is 4. The van der Waals surface area contributed by atoms with E-state index in [1.165, 1.54) is 21.7 Å². The number of carbonyl (C=O) groups is 1. The van der Waals surface area contributed by atoms with Crippen LogP contribution >= 0.6 is 0 Å². The van der Waals surface area contributed by atoms with E-state index in [-0.39, 0.29) is 0 Å². The molecule has 42 heavy (non-hydrogen) atoms. The standard InChI is InChI=1S/C36H35N3O3/c1-4-9-27-19-28(37-31-13-8-7-12-30(27)31)23-42-29-16-17-33-32(20-29)38-34(21-36(2,3)35(40)41)39(33)22-24-14-15-25-10-5-6-11-26(25)18-24/h5-8,10-20H,4,9,21-23H2,1-3H3,(H,40,41). The van der Waals surface area contributed by atoms with E-state index in [4.69, 9.17) is 14.7 Å². The van der Waals surface area contributed by atoms with Crippen LogP contribution in [0.15, 0.2) is 91.0 Å². The maximum Gasteiger partial charge on any atom is 0.309 e. The molecular weight excluding hydrogens is 522 g/mol. The maximum atomic E-state index is 12.0. The number of imidazole rings is 1. The van der Waals surface area contributed by atoms with Gasteiger partial charge >= 0.3 is 5.97 Å². The van der Waals surface area contributed by atoms with E-state index in [2.05, 4.69) is 60.0 Å². The lowest BCUT2D eigenvalue weighted by Crippen LogP contribution is -2.27. The molecule has 0 aliphatic rings.